The third-order valence-electron chi connectivity index (χ3n) is 4.20. The van der Waals surface area contributed by atoms with Gasteiger partial charge in [0, 0.05) is 25.1 Å². The van der Waals surface area contributed by atoms with E-state index in [1.807, 2.05) is 0 Å². The molecule has 0 saturated carbocycles. The number of benzene rings is 1. The van der Waals surface area contributed by atoms with Crippen molar-refractivity contribution in [2.45, 2.75) is 32.3 Å². The van der Waals surface area contributed by atoms with E-state index in [1.54, 1.807) is 4.90 Å². The summed E-state index contributed by atoms with van der Waals surface area (Å²) in [6, 6.07) is 4.08. The van der Waals surface area contributed by atoms with Crippen molar-refractivity contribution >= 4 is 11.9 Å². The highest BCUT2D eigenvalue weighted by Gasteiger charge is 2.25. The van der Waals surface area contributed by atoms with Gasteiger partial charge in [-0.05, 0) is 43.4 Å². The van der Waals surface area contributed by atoms with Gasteiger partial charge in [-0.15, -0.1) is 0 Å². The number of alkyl halides is 2. The van der Waals surface area contributed by atoms with Gasteiger partial charge >= 0.3 is 12.6 Å². The second-order valence-electron chi connectivity index (χ2n) is 5.94. The second-order valence-corrected chi connectivity index (χ2v) is 5.94. The van der Waals surface area contributed by atoms with Gasteiger partial charge in [0.1, 0.15) is 0 Å². The van der Waals surface area contributed by atoms with E-state index in [-0.39, 0.29) is 29.7 Å². The zero-order chi connectivity index (χ0) is 18.4. The molecule has 1 amide bonds. The van der Waals surface area contributed by atoms with Gasteiger partial charge in [0.05, 0.1) is 7.11 Å². The van der Waals surface area contributed by atoms with Crippen LogP contribution in [0.2, 0.25) is 0 Å². The molecule has 25 heavy (non-hydrogen) atoms. The van der Waals surface area contributed by atoms with Crippen LogP contribution in [-0.2, 0) is 4.79 Å². The van der Waals surface area contributed by atoms with Crippen molar-refractivity contribution in [3.05, 3.63) is 23.8 Å². The van der Waals surface area contributed by atoms with E-state index < -0.39 is 12.6 Å². The van der Waals surface area contributed by atoms with E-state index in [1.165, 1.54) is 25.3 Å². The molecule has 1 aromatic rings. The number of amides is 1. The average Bonchev–Trinajstić information content (AvgIpc) is 2.59. The van der Waals surface area contributed by atoms with Crippen molar-refractivity contribution in [1.29, 1.82) is 0 Å². The van der Waals surface area contributed by atoms with Gasteiger partial charge < -0.3 is 19.5 Å². The molecule has 0 aromatic heterocycles. The van der Waals surface area contributed by atoms with Crippen LogP contribution in [0.3, 0.4) is 0 Å². The molecular weight excluding hydrogens is 336 g/mol. The van der Waals surface area contributed by atoms with E-state index in [0.29, 0.717) is 25.1 Å². The summed E-state index contributed by atoms with van der Waals surface area (Å²) in [5.74, 6) is -1.00. The van der Waals surface area contributed by atoms with Crippen molar-refractivity contribution in [2.75, 3.05) is 20.2 Å². The quantitative estimate of drug-likeness (QED) is 0.812. The fourth-order valence-corrected chi connectivity index (χ4v) is 2.99. The van der Waals surface area contributed by atoms with E-state index in [4.69, 9.17) is 9.84 Å². The largest absolute Gasteiger partial charge is 0.493 e. The first-order valence-electron chi connectivity index (χ1n) is 8.04. The van der Waals surface area contributed by atoms with E-state index >= 15 is 0 Å². The van der Waals surface area contributed by atoms with Crippen molar-refractivity contribution in [3.8, 4) is 11.5 Å². The van der Waals surface area contributed by atoms with E-state index in [0.717, 1.165) is 12.8 Å². The van der Waals surface area contributed by atoms with Crippen LogP contribution in [0.15, 0.2) is 18.2 Å². The summed E-state index contributed by atoms with van der Waals surface area (Å²) < 4.78 is 34.1. The summed E-state index contributed by atoms with van der Waals surface area (Å²) >= 11 is 0. The van der Waals surface area contributed by atoms with E-state index in [2.05, 4.69) is 4.74 Å². The molecule has 8 heteroatoms. The molecule has 2 rings (SSSR count). The van der Waals surface area contributed by atoms with Crippen LogP contribution in [0.4, 0.5) is 8.78 Å². The highest BCUT2D eigenvalue weighted by molar-refractivity contribution is 5.95. The Kier molecular flexibility index (Phi) is 6.55. The number of methoxy groups -OCH3 is 1. The Morgan fingerprint density at radius 2 is 2.12 bits per heavy atom. The molecule has 6 nitrogen and oxygen atoms in total. The number of ether oxygens (including phenoxy) is 2. The summed E-state index contributed by atoms with van der Waals surface area (Å²) in [6.07, 6.45) is 2.31. The molecule has 138 valence electrons. The summed E-state index contributed by atoms with van der Waals surface area (Å²) in [5.41, 5.74) is 0.317. The number of carboxylic acid groups (broad SMARTS) is 1. The predicted octanol–water partition coefficient (Wildman–Crippen LogP) is 3.01. The molecule has 1 aliphatic heterocycles. The zero-order valence-corrected chi connectivity index (χ0v) is 13.9. The standard InChI is InChI=1S/C17H21F2NO5/c1-24-14-9-12(5-6-13(14)25-17(18)19)16(23)20-8-2-3-11(10-20)4-7-15(21)22/h5-6,9,11,17H,2-4,7-8,10H2,1H3,(H,21,22). The highest BCUT2D eigenvalue weighted by Crippen LogP contribution is 2.30. The fourth-order valence-electron chi connectivity index (χ4n) is 2.99. The molecule has 0 radical (unpaired) electrons. The Morgan fingerprint density at radius 1 is 1.36 bits per heavy atom. The molecule has 1 aromatic carbocycles. The van der Waals surface area contributed by atoms with Crippen LogP contribution in [0, 0.1) is 5.92 Å². The number of aliphatic carboxylic acids is 1. The third-order valence-corrected chi connectivity index (χ3v) is 4.20. The molecule has 1 saturated heterocycles. The summed E-state index contributed by atoms with van der Waals surface area (Å²) in [5, 5.41) is 8.78. The first kappa shape index (κ1) is 19.0. The third kappa shape index (κ3) is 5.30. The highest BCUT2D eigenvalue weighted by atomic mass is 19.3. The Balaban J connectivity index is 2.07. The Morgan fingerprint density at radius 3 is 2.76 bits per heavy atom. The number of hydrogen-bond donors (Lipinski definition) is 1. The number of carboxylic acids is 1. The normalized spacial score (nSPS) is 17.4. The molecule has 0 bridgehead atoms. The lowest BCUT2D eigenvalue weighted by Crippen LogP contribution is -2.40. The molecule has 1 N–H and O–H groups in total. The second kappa shape index (κ2) is 8.64. The van der Waals surface area contributed by atoms with Gasteiger partial charge in [-0.25, -0.2) is 0 Å². The van der Waals surface area contributed by atoms with E-state index in [9.17, 15) is 18.4 Å². The van der Waals surface area contributed by atoms with Crippen LogP contribution in [0.5, 0.6) is 11.5 Å². The number of likely N-dealkylation sites (tertiary alicyclic amines) is 1. The minimum absolute atomic E-state index is 0.0607. The molecule has 0 aliphatic carbocycles. The predicted molar refractivity (Wildman–Crippen MR) is 85.1 cm³/mol. The molecule has 1 fully saturated rings. The zero-order valence-electron chi connectivity index (χ0n) is 13.9. The number of rotatable bonds is 7. The van der Waals surface area contributed by atoms with Crippen molar-refractivity contribution in [3.63, 3.8) is 0 Å². The number of halogens is 2. The molecule has 1 heterocycles. The molecule has 1 aliphatic rings. The maximum Gasteiger partial charge on any atom is 0.387 e. The number of carbonyl (C=O) groups excluding carboxylic acids is 1. The molecule has 1 atom stereocenters. The van der Waals surface area contributed by atoms with Crippen LogP contribution in [0.25, 0.3) is 0 Å². The molecular formula is C17H21F2NO5. The summed E-state index contributed by atoms with van der Waals surface area (Å²) in [7, 11) is 1.31. The maximum atomic E-state index is 12.7. The fraction of sp³-hybridized carbons (Fsp3) is 0.529. The minimum atomic E-state index is -2.98. The van der Waals surface area contributed by atoms with Crippen molar-refractivity contribution < 1.29 is 33.0 Å². The monoisotopic (exact) mass is 357 g/mol. The SMILES string of the molecule is COc1cc(C(=O)N2CCCC(CCC(=O)O)C2)ccc1OC(F)F. The van der Waals surface area contributed by atoms with Gasteiger partial charge in [-0.1, -0.05) is 0 Å². The van der Waals surface area contributed by atoms with Crippen molar-refractivity contribution in [1.82, 2.24) is 4.90 Å². The Hall–Kier alpha value is -2.38. The van der Waals surface area contributed by atoms with Gasteiger partial charge in [0.25, 0.3) is 5.91 Å². The number of hydrogen-bond acceptors (Lipinski definition) is 4. The number of nitrogens with zero attached hydrogens (tertiary/aromatic N) is 1. The number of piperidine rings is 1. The topological polar surface area (TPSA) is 76.1 Å². The Bertz CT molecular complexity index is 623. The van der Waals surface area contributed by atoms with Gasteiger partial charge in [0.2, 0.25) is 0 Å². The minimum Gasteiger partial charge on any atom is -0.493 e. The van der Waals surface area contributed by atoms with Gasteiger partial charge in [0.15, 0.2) is 11.5 Å². The average molecular weight is 357 g/mol. The van der Waals surface area contributed by atoms with Crippen LogP contribution >= 0.6 is 0 Å². The summed E-state index contributed by atoms with van der Waals surface area (Å²) in [4.78, 5) is 25.0. The lowest BCUT2D eigenvalue weighted by atomic mass is 9.93. The van der Waals surface area contributed by atoms with Crippen molar-refractivity contribution in [2.24, 2.45) is 5.92 Å². The first-order valence-corrected chi connectivity index (χ1v) is 8.04. The first-order chi connectivity index (χ1) is 11.9. The van der Waals surface area contributed by atoms with Crippen LogP contribution in [-0.4, -0.2) is 48.7 Å². The van der Waals surface area contributed by atoms with Gasteiger partial charge in [-0.3, -0.25) is 9.59 Å². The molecule has 0 spiro atoms. The lowest BCUT2D eigenvalue weighted by Gasteiger charge is -2.32. The van der Waals surface area contributed by atoms with Crippen LogP contribution < -0.4 is 9.47 Å². The van der Waals surface area contributed by atoms with Crippen LogP contribution in [0.1, 0.15) is 36.0 Å². The Labute approximate surface area is 144 Å². The lowest BCUT2D eigenvalue weighted by molar-refractivity contribution is -0.137. The maximum absolute atomic E-state index is 12.7. The summed E-state index contributed by atoms with van der Waals surface area (Å²) in [6.45, 7) is -1.91. The smallest absolute Gasteiger partial charge is 0.387 e. The number of carbonyl (C=O) groups is 2. The molecule has 1 unspecified atom stereocenters. The van der Waals surface area contributed by atoms with Gasteiger partial charge in [-0.2, -0.15) is 8.78 Å².